The lowest BCUT2D eigenvalue weighted by Crippen LogP contribution is -2.53. The molecule has 2 unspecified atom stereocenters. The summed E-state index contributed by atoms with van der Waals surface area (Å²) < 4.78 is 11.8. The van der Waals surface area contributed by atoms with Gasteiger partial charge < -0.3 is 36.9 Å². The van der Waals surface area contributed by atoms with Gasteiger partial charge in [0.1, 0.15) is 17.0 Å². The average molecular weight is 642 g/mol. The van der Waals surface area contributed by atoms with Gasteiger partial charge in [0, 0.05) is 42.9 Å². The summed E-state index contributed by atoms with van der Waals surface area (Å²) in [5.74, 6) is 0.256. The molecule has 10 nitrogen and oxygen atoms in total. The fraction of sp³-hybridized carbons (Fsp3) is 0.343. The number of aryl methyl sites for hydroxylation is 1. The number of hydrogen-bond acceptors (Lipinski definition) is 9. The zero-order valence-corrected chi connectivity index (χ0v) is 27.0. The zero-order valence-electron chi connectivity index (χ0n) is 26.2. The molecule has 0 saturated carbocycles. The Morgan fingerprint density at radius 3 is 2.57 bits per heavy atom. The number of amides is 2. The summed E-state index contributed by atoms with van der Waals surface area (Å²) in [4.78, 5) is 43.2. The number of rotatable bonds is 8. The number of nitrogens with zero attached hydrogens (tertiary/aromatic N) is 1. The van der Waals surface area contributed by atoms with E-state index >= 15 is 0 Å². The molecule has 3 aromatic carbocycles. The number of nitrogens with one attached hydrogen (secondary N) is 1. The van der Waals surface area contributed by atoms with E-state index in [1.165, 1.54) is 11.3 Å². The number of anilines is 1. The lowest BCUT2D eigenvalue weighted by Gasteiger charge is -2.37. The van der Waals surface area contributed by atoms with Crippen LogP contribution in [0.1, 0.15) is 57.7 Å². The summed E-state index contributed by atoms with van der Waals surface area (Å²) >= 11 is 1.21. The van der Waals surface area contributed by atoms with Gasteiger partial charge in [0.05, 0.1) is 28.1 Å². The largest absolute Gasteiger partial charge is 0.457 e. The number of piperidine rings is 1. The van der Waals surface area contributed by atoms with Gasteiger partial charge in [-0.15, -0.1) is 11.3 Å². The number of benzene rings is 3. The van der Waals surface area contributed by atoms with Crippen molar-refractivity contribution in [3.63, 3.8) is 0 Å². The van der Waals surface area contributed by atoms with Gasteiger partial charge in [0.15, 0.2) is 5.78 Å². The Labute approximate surface area is 271 Å². The van der Waals surface area contributed by atoms with Crippen LogP contribution in [0, 0.1) is 12.8 Å². The number of Topliss-reactive ketones (excluding diaryl/α,β-unsaturated/α-hetero) is 1. The molecule has 46 heavy (non-hydrogen) atoms. The molecule has 11 heteroatoms. The highest BCUT2D eigenvalue weighted by Gasteiger charge is 2.49. The summed E-state index contributed by atoms with van der Waals surface area (Å²) in [6.07, 6.45) is 1.48. The first-order valence-electron chi connectivity index (χ1n) is 15.4. The Morgan fingerprint density at radius 1 is 1.11 bits per heavy atom. The third-order valence-corrected chi connectivity index (χ3v) is 10.3. The smallest absolute Gasteiger partial charge is 0.262 e. The van der Waals surface area contributed by atoms with Crippen LogP contribution >= 0.6 is 11.3 Å². The van der Waals surface area contributed by atoms with Crippen molar-refractivity contribution in [2.45, 2.75) is 44.3 Å². The second-order valence-electron chi connectivity index (χ2n) is 12.2. The number of methoxy groups -OCH3 is 1. The number of nitrogen functional groups attached to an aromatic ring is 1. The predicted octanol–water partition coefficient (Wildman–Crippen LogP) is 4.37. The molecule has 240 valence electrons. The zero-order chi connectivity index (χ0) is 32.7. The maximum atomic E-state index is 14.3. The summed E-state index contributed by atoms with van der Waals surface area (Å²) in [5.41, 5.74) is 21.5. The first-order valence-corrected chi connectivity index (χ1v) is 16.2. The van der Waals surface area contributed by atoms with E-state index < -0.39 is 17.4 Å². The molecule has 4 atom stereocenters. The molecule has 7 N–H and O–H groups in total. The van der Waals surface area contributed by atoms with Crippen molar-refractivity contribution in [3.05, 3.63) is 87.8 Å². The number of hydrogen-bond donors (Lipinski definition) is 4. The van der Waals surface area contributed by atoms with E-state index in [0.29, 0.717) is 68.5 Å². The molecule has 0 spiro atoms. The van der Waals surface area contributed by atoms with Gasteiger partial charge in [-0.3, -0.25) is 14.4 Å². The average Bonchev–Trinajstić information content (AvgIpc) is 3.46. The van der Waals surface area contributed by atoms with E-state index in [1.54, 1.807) is 36.3 Å². The minimum atomic E-state index is -1.58. The van der Waals surface area contributed by atoms with E-state index in [4.69, 9.17) is 26.7 Å². The third kappa shape index (κ3) is 5.43. The quantitative estimate of drug-likeness (QED) is 0.206. The Hall–Kier alpha value is -4.29. The van der Waals surface area contributed by atoms with Crippen LogP contribution in [0.4, 0.5) is 5.69 Å². The van der Waals surface area contributed by atoms with Crippen LogP contribution in [0.25, 0.3) is 10.1 Å². The number of nitrogens with two attached hydrogens (primary N) is 3. The molecular formula is C35H39N5O5S. The van der Waals surface area contributed by atoms with Crippen LogP contribution in [0.5, 0.6) is 11.5 Å². The second-order valence-corrected chi connectivity index (χ2v) is 13.3. The minimum absolute atomic E-state index is 0.00275. The van der Waals surface area contributed by atoms with E-state index in [1.807, 2.05) is 50.2 Å². The summed E-state index contributed by atoms with van der Waals surface area (Å²) in [6.45, 7) is 5.07. The fourth-order valence-electron chi connectivity index (χ4n) is 6.77. The minimum Gasteiger partial charge on any atom is -0.457 e. The number of ether oxygens (including phenoxy) is 2. The van der Waals surface area contributed by atoms with Crippen molar-refractivity contribution in [1.82, 2.24) is 10.2 Å². The highest BCUT2D eigenvalue weighted by Crippen LogP contribution is 2.50. The van der Waals surface area contributed by atoms with Gasteiger partial charge in [-0.25, -0.2) is 0 Å². The predicted molar refractivity (Wildman–Crippen MR) is 179 cm³/mol. The lowest BCUT2D eigenvalue weighted by atomic mass is 9.69. The van der Waals surface area contributed by atoms with Crippen molar-refractivity contribution in [2.75, 3.05) is 32.5 Å². The summed E-state index contributed by atoms with van der Waals surface area (Å²) in [6, 6.07) is 16.9. The SMILES string of the molecule is COC[C@@H](C)C(=O)N1CCC[C@@H](NC(=O)c2sc3c(N)ccc4c3c2C(N)C(=O)C4(N)c2ccc(Oc3ccccc3)cc2C)C1. The van der Waals surface area contributed by atoms with Crippen molar-refractivity contribution in [2.24, 2.45) is 17.4 Å². The molecule has 0 bridgehead atoms. The standard InChI is InChI=1S/C35H39N5O5S/c1-19-16-23(45-22-9-5-4-6-10-22)11-12-24(19)35(38)25-13-14-26(36)30-27(25)28(29(37)32(35)41)31(46-30)33(42)39-21-8-7-15-40(17-21)34(43)20(2)18-44-3/h4-6,9-14,16,20-21,29H,7-8,15,17-18,36-38H2,1-3H3,(H,39,42)/t20-,21-,29?,35?/m1/s1. The first-order chi connectivity index (χ1) is 22.0. The van der Waals surface area contributed by atoms with E-state index in [9.17, 15) is 14.4 Å². The maximum absolute atomic E-state index is 14.3. The molecule has 2 heterocycles. The van der Waals surface area contributed by atoms with Crippen molar-refractivity contribution >= 4 is 44.7 Å². The van der Waals surface area contributed by atoms with Crippen LogP contribution in [0.15, 0.2) is 60.7 Å². The first kappa shape index (κ1) is 31.7. The van der Waals surface area contributed by atoms with E-state index in [-0.39, 0.29) is 23.8 Å². The monoisotopic (exact) mass is 641 g/mol. The maximum Gasteiger partial charge on any atom is 0.262 e. The van der Waals surface area contributed by atoms with Crippen LogP contribution < -0.4 is 27.3 Å². The number of ketones is 1. The Morgan fingerprint density at radius 2 is 1.85 bits per heavy atom. The Kier molecular flexibility index (Phi) is 8.60. The summed E-state index contributed by atoms with van der Waals surface area (Å²) in [7, 11) is 1.57. The Bertz CT molecular complexity index is 1830. The van der Waals surface area contributed by atoms with E-state index in [0.717, 1.165) is 18.4 Å². The van der Waals surface area contributed by atoms with Gasteiger partial charge in [-0.1, -0.05) is 37.3 Å². The van der Waals surface area contributed by atoms with Crippen molar-refractivity contribution in [1.29, 1.82) is 0 Å². The highest BCUT2D eigenvalue weighted by molar-refractivity contribution is 7.21. The molecule has 2 amide bonds. The topological polar surface area (TPSA) is 163 Å². The van der Waals surface area contributed by atoms with Crippen molar-refractivity contribution in [3.8, 4) is 11.5 Å². The molecule has 4 aromatic rings. The van der Waals surface area contributed by atoms with Crippen LogP contribution in [-0.4, -0.2) is 55.3 Å². The number of thiophene rings is 1. The molecule has 1 saturated heterocycles. The lowest BCUT2D eigenvalue weighted by molar-refractivity contribution is -0.138. The number of likely N-dealkylation sites (tertiary alicyclic amines) is 1. The molecular weight excluding hydrogens is 602 g/mol. The fourth-order valence-corrected chi connectivity index (χ4v) is 7.98. The third-order valence-electron chi connectivity index (χ3n) is 9.03. The molecule has 6 rings (SSSR count). The second kappa shape index (κ2) is 12.5. The molecule has 1 aliphatic carbocycles. The van der Waals surface area contributed by atoms with Gasteiger partial charge in [-0.2, -0.15) is 0 Å². The highest BCUT2D eigenvalue weighted by atomic mass is 32.1. The van der Waals surface area contributed by atoms with Gasteiger partial charge in [0.25, 0.3) is 5.91 Å². The number of carbonyl (C=O) groups is 3. The van der Waals surface area contributed by atoms with Gasteiger partial charge in [-0.05, 0) is 66.8 Å². The summed E-state index contributed by atoms with van der Waals surface area (Å²) in [5, 5.41) is 3.75. The molecule has 0 radical (unpaired) electrons. The molecule has 1 fully saturated rings. The number of para-hydroxylation sites is 1. The molecule has 1 aromatic heterocycles. The van der Waals surface area contributed by atoms with Crippen LogP contribution in [-0.2, 0) is 19.9 Å². The van der Waals surface area contributed by atoms with Crippen molar-refractivity contribution < 1.29 is 23.9 Å². The van der Waals surface area contributed by atoms with E-state index in [2.05, 4.69) is 5.32 Å². The van der Waals surface area contributed by atoms with Crippen LogP contribution in [0.3, 0.4) is 0 Å². The molecule has 2 aliphatic rings. The van der Waals surface area contributed by atoms with Crippen LogP contribution in [0.2, 0.25) is 0 Å². The Balaban J connectivity index is 1.34. The molecule has 1 aliphatic heterocycles. The van der Waals surface area contributed by atoms with Gasteiger partial charge >= 0.3 is 0 Å². The normalized spacial score (nSPS) is 21.7. The number of carbonyl (C=O) groups excluding carboxylic acids is 3. The van der Waals surface area contributed by atoms with Gasteiger partial charge in [0.2, 0.25) is 5.91 Å².